The van der Waals surface area contributed by atoms with E-state index in [2.05, 4.69) is 0 Å². The molecule has 4 N–H and O–H groups in total. The van der Waals surface area contributed by atoms with Gasteiger partial charge in [0.15, 0.2) is 0 Å². The van der Waals surface area contributed by atoms with Gasteiger partial charge in [-0.15, -0.1) is 0 Å². The number of benzene rings is 13. The van der Waals surface area contributed by atoms with Crippen molar-refractivity contribution >= 4 is 55.1 Å². The summed E-state index contributed by atoms with van der Waals surface area (Å²) in [5.41, 5.74) is 15.1. The number of halogens is 6. The zero-order valence-corrected chi connectivity index (χ0v) is 57.4. The summed E-state index contributed by atoms with van der Waals surface area (Å²) < 4.78 is 0. The Morgan fingerprint density at radius 2 is 0.233 bits per heavy atom. The van der Waals surface area contributed by atoms with Crippen molar-refractivity contribution in [3.8, 4) is 112 Å². The van der Waals surface area contributed by atoms with Crippen molar-refractivity contribution in [2.24, 2.45) is 0 Å². The molecule has 0 bridgehead atoms. The Balaban J connectivity index is 0.000000159. The first-order valence-electron chi connectivity index (χ1n) is 28.2. The van der Waals surface area contributed by atoms with Gasteiger partial charge < -0.3 is 20.4 Å². The van der Waals surface area contributed by atoms with Crippen LogP contribution in [-0.2, 0) is 30.4 Å². The van der Waals surface area contributed by atoms with Crippen LogP contribution in [0.3, 0.4) is 0 Å². The molecule has 0 fully saturated rings. The van der Waals surface area contributed by atoms with Gasteiger partial charge in [0.25, 0.3) is 0 Å². The first-order valence-corrected chi connectivity index (χ1v) is 45.2. The number of phenols is 4. The molecule has 0 aliphatic carbocycles. The van der Waals surface area contributed by atoms with Crippen LogP contribution >= 0.6 is 55.1 Å². The summed E-state index contributed by atoms with van der Waals surface area (Å²) in [5.74, 6) is 1.33. The molecule has 0 aliphatic rings. The van der Waals surface area contributed by atoms with E-state index >= 15 is 0 Å². The van der Waals surface area contributed by atoms with Gasteiger partial charge in [-0.25, -0.2) is 0 Å². The van der Waals surface area contributed by atoms with Crippen LogP contribution in [0.4, 0.5) is 0 Å². The summed E-state index contributed by atoms with van der Waals surface area (Å²) in [6.07, 6.45) is 0. The minimum atomic E-state index is -2.03. The molecule has 0 radical (unpaired) electrons. The van der Waals surface area contributed by atoms with Crippen molar-refractivity contribution in [3.63, 3.8) is 0 Å². The first-order chi connectivity index (χ1) is 43.9. The van der Waals surface area contributed by atoms with E-state index in [0.29, 0.717) is 23.0 Å². The van der Waals surface area contributed by atoms with E-state index in [4.69, 9.17) is 55.1 Å². The van der Waals surface area contributed by atoms with Gasteiger partial charge in [0.1, 0.15) is 23.0 Å². The van der Waals surface area contributed by atoms with E-state index < -0.39 is 30.4 Å². The third-order valence-corrected chi connectivity index (χ3v) is 13.5. The Hall–Kier alpha value is -7.72. The number of rotatable bonds is 8. The Morgan fingerprint density at radius 1 is 0.144 bits per heavy atom. The zero-order chi connectivity index (χ0) is 63.7. The predicted octanol–water partition coefficient (Wildman–Crippen LogP) is 24.7. The van der Waals surface area contributed by atoms with Gasteiger partial charge in [0.2, 0.25) is 0 Å². The van der Waals surface area contributed by atoms with E-state index in [-0.39, 0.29) is 0 Å². The molecule has 0 heterocycles. The van der Waals surface area contributed by atoms with E-state index in [0.717, 1.165) is 89.0 Å². The molecule has 12 heteroatoms. The molecule has 0 amide bonds. The molecule has 450 valence electrons. The second-order valence-corrected chi connectivity index (χ2v) is 39.3. The third kappa shape index (κ3) is 22.3. The van der Waals surface area contributed by atoms with Crippen LogP contribution in [0, 0.1) is 0 Å². The smallest absolute Gasteiger partial charge is 0.0623 e. The summed E-state index contributed by atoms with van der Waals surface area (Å²) >= 11 is -4.07. The van der Waals surface area contributed by atoms with Gasteiger partial charge in [0.05, 0.1) is 0 Å². The second kappa shape index (κ2) is 38.7. The molecule has 4 nitrogen and oxygen atoms in total. The molecule has 13 aromatic rings. The average molecular weight is 1460 g/mol. The quantitative estimate of drug-likeness (QED) is 0.114. The van der Waals surface area contributed by atoms with Crippen molar-refractivity contribution in [2.75, 3.05) is 0 Å². The average Bonchev–Trinajstić information content (AvgIpc) is 1.98. The molecule has 0 atom stereocenters. The number of phenolic OH excluding ortho intramolecular Hbond substituents is 4. The van der Waals surface area contributed by atoms with Crippen molar-refractivity contribution in [1.29, 1.82) is 0 Å². The van der Waals surface area contributed by atoms with Crippen LogP contribution in [0.1, 0.15) is 0 Å². The minimum absolute atomic E-state index is 0.333. The van der Waals surface area contributed by atoms with Gasteiger partial charge in [-0.2, -0.15) is 0 Å². The number of aromatic hydroxyl groups is 4. The molecule has 0 aliphatic heterocycles. The van der Waals surface area contributed by atoms with E-state index in [1.165, 1.54) is 0 Å². The summed E-state index contributed by atoms with van der Waals surface area (Å²) in [4.78, 5) is 0. The van der Waals surface area contributed by atoms with Crippen LogP contribution in [0.5, 0.6) is 23.0 Å². The third-order valence-electron chi connectivity index (χ3n) is 13.5. The van der Waals surface area contributed by atoms with Gasteiger partial charge in [-0.05, 0) is 44.5 Å². The fourth-order valence-corrected chi connectivity index (χ4v) is 9.36. The summed E-state index contributed by atoms with van der Waals surface area (Å²) in [7, 11) is 29.9. The van der Waals surface area contributed by atoms with Crippen molar-refractivity contribution in [2.45, 2.75) is 0 Å². The minimum Gasteiger partial charge on any atom is -0.0623 e. The Labute approximate surface area is 564 Å². The fourth-order valence-electron chi connectivity index (χ4n) is 9.36. The molecule has 13 aromatic carbocycles. The van der Waals surface area contributed by atoms with Crippen LogP contribution in [0.25, 0.3) is 89.0 Å². The molecule has 0 saturated carbocycles. The monoisotopic (exact) mass is 1460 g/mol. The molecule has 13 rings (SSSR count). The SMILES string of the molecule is Oc1c(-c2ccccc2)cccc1-c1ccccc1.Oc1c(-c2ccccc2)cccc1-c1ccccc1.Oc1c(-c2ccccc2)cccc1-c1ccccc1.Oc1c(-c2ccccc2)cccc1-c1ccccc1.[Cl][Nb]([Cl])[Cl].[Cl][Nb]([Cl])[Cl].c1ccccc1. The maximum Gasteiger partial charge on any atom is -0.0623 e. The first kappa shape index (κ1) is 69.7. The summed E-state index contributed by atoms with van der Waals surface area (Å²) in [6, 6.07) is 115. The molecular formula is C78H62Cl6Nb2O4. The number of hydrogen-bond donors (Lipinski definition) is 4. The maximum absolute atomic E-state index is 10.5. The molecule has 0 unspecified atom stereocenters. The molecule has 0 aromatic heterocycles. The van der Waals surface area contributed by atoms with Gasteiger partial charge in [-0.3, -0.25) is 0 Å². The largest absolute Gasteiger partial charge is 0.0623 e. The molecule has 0 saturated heterocycles. The van der Waals surface area contributed by atoms with Crippen LogP contribution in [-0.4, -0.2) is 20.4 Å². The maximum atomic E-state index is 10.5. The Bertz CT molecular complexity index is 3350. The van der Waals surface area contributed by atoms with Gasteiger partial charge >= 0.3 is 85.5 Å². The Morgan fingerprint density at radius 3 is 0.333 bits per heavy atom. The number of hydrogen-bond acceptors (Lipinski definition) is 4. The topological polar surface area (TPSA) is 80.9 Å². The van der Waals surface area contributed by atoms with Crippen molar-refractivity contribution in [3.05, 3.63) is 352 Å². The van der Waals surface area contributed by atoms with Crippen LogP contribution in [0.2, 0.25) is 0 Å². The molecule has 0 spiro atoms. The summed E-state index contributed by atoms with van der Waals surface area (Å²) in [5, 5.41) is 42.0. The standard InChI is InChI=1S/4C18H14O.C6H6.6ClH.2Nb/c4*19-18-16(14-8-3-1-4-9-14)12-7-13-17(18)15-10-5-2-6-11-15;1-2-4-6-5-3-1;;;;;;;;/h4*1-13,19H;1-6H;6*1H;;/q;;;;;;;;;;;2*+3/p-6. The Kier molecular flexibility index (Phi) is 30.0. The fraction of sp³-hybridized carbons (Fsp3) is 0. The molecule has 90 heavy (non-hydrogen) atoms. The number of para-hydroxylation sites is 4. The normalized spacial score (nSPS) is 10.0. The predicted molar refractivity (Wildman–Crippen MR) is 377 cm³/mol. The van der Waals surface area contributed by atoms with Gasteiger partial charge in [0, 0.05) is 44.5 Å². The van der Waals surface area contributed by atoms with Crippen molar-refractivity contribution in [1.82, 2.24) is 0 Å². The summed E-state index contributed by atoms with van der Waals surface area (Å²) in [6.45, 7) is 0. The van der Waals surface area contributed by atoms with Gasteiger partial charge in [-0.1, -0.05) is 352 Å². The van der Waals surface area contributed by atoms with E-state index in [1.54, 1.807) is 0 Å². The van der Waals surface area contributed by atoms with Crippen molar-refractivity contribution < 1.29 is 50.8 Å². The van der Waals surface area contributed by atoms with Crippen LogP contribution < -0.4 is 0 Å². The molecular weight excluding hydrogens is 1400 g/mol. The van der Waals surface area contributed by atoms with Crippen LogP contribution in [0.15, 0.2) is 352 Å². The van der Waals surface area contributed by atoms with E-state index in [1.807, 2.05) is 352 Å². The van der Waals surface area contributed by atoms with E-state index in [9.17, 15) is 20.4 Å². The zero-order valence-electron chi connectivity index (χ0n) is 48.4. The second-order valence-electron chi connectivity index (χ2n) is 19.3.